The van der Waals surface area contributed by atoms with Crippen molar-refractivity contribution in [3.05, 3.63) is 59.2 Å². The summed E-state index contributed by atoms with van der Waals surface area (Å²) < 4.78 is 39.2. The van der Waals surface area contributed by atoms with Gasteiger partial charge in [-0.1, -0.05) is 24.3 Å². The number of piperazine rings is 1. The van der Waals surface area contributed by atoms with E-state index in [9.17, 15) is 18.0 Å². The zero-order valence-corrected chi connectivity index (χ0v) is 16.0. The van der Waals surface area contributed by atoms with Crippen LogP contribution in [0.1, 0.15) is 16.7 Å². The van der Waals surface area contributed by atoms with Crippen LogP contribution in [0.5, 0.6) is 0 Å². The summed E-state index contributed by atoms with van der Waals surface area (Å²) in [6.07, 6.45) is -4.45. The molecule has 28 heavy (non-hydrogen) atoms. The highest BCUT2D eigenvalue weighted by Gasteiger charge is 2.33. The molecule has 1 heterocycles. The average molecular weight is 391 g/mol. The number of carbonyl (C=O) groups excluding carboxylic acids is 1. The number of nitrogens with zero attached hydrogens (tertiary/aromatic N) is 2. The molecule has 0 atom stereocenters. The molecule has 0 radical (unpaired) electrons. The van der Waals surface area contributed by atoms with E-state index in [0.29, 0.717) is 26.2 Å². The van der Waals surface area contributed by atoms with Crippen LogP contribution in [-0.4, -0.2) is 43.5 Å². The lowest BCUT2D eigenvalue weighted by atomic mass is 10.1. The summed E-state index contributed by atoms with van der Waals surface area (Å²) in [5.41, 5.74) is 2.79. The number of anilines is 2. The van der Waals surface area contributed by atoms with Gasteiger partial charge in [-0.2, -0.15) is 13.2 Å². The second-order valence-corrected chi connectivity index (χ2v) is 6.98. The fourth-order valence-corrected chi connectivity index (χ4v) is 3.44. The number of hydrogen-bond acceptors (Lipinski definition) is 3. The predicted molar refractivity (Wildman–Crippen MR) is 105 cm³/mol. The number of para-hydroxylation sites is 1. The lowest BCUT2D eigenvalue weighted by molar-refractivity contribution is -0.137. The van der Waals surface area contributed by atoms with Gasteiger partial charge >= 0.3 is 6.18 Å². The van der Waals surface area contributed by atoms with Crippen LogP contribution < -0.4 is 10.2 Å². The van der Waals surface area contributed by atoms with E-state index in [0.717, 1.165) is 6.07 Å². The number of halogens is 3. The maximum absolute atomic E-state index is 13.1. The highest BCUT2D eigenvalue weighted by molar-refractivity contribution is 5.81. The van der Waals surface area contributed by atoms with Crippen LogP contribution in [0.3, 0.4) is 0 Å². The van der Waals surface area contributed by atoms with E-state index in [2.05, 4.69) is 36.2 Å². The van der Waals surface area contributed by atoms with E-state index in [1.54, 1.807) is 4.90 Å². The topological polar surface area (TPSA) is 35.6 Å². The Hall–Kier alpha value is -2.70. The van der Waals surface area contributed by atoms with Gasteiger partial charge in [-0.15, -0.1) is 0 Å². The van der Waals surface area contributed by atoms with Gasteiger partial charge in [0.05, 0.1) is 12.1 Å². The minimum Gasteiger partial charge on any atom is -0.376 e. The molecule has 0 bridgehead atoms. The molecule has 2 aromatic rings. The van der Waals surface area contributed by atoms with E-state index in [-0.39, 0.29) is 18.1 Å². The van der Waals surface area contributed by atoms with Gasteiger partial charge in [0.2, 0.25) is 5.91 Å². The third kappa shape index (κ3) is 4.40. The Kier molecular flexibility index (Phi) is 5.82. The molecular weight excluding hydrogens is 367 g/mol. The summed E-state index contributed by atoms with van der Waals surface area (Å²) in [6, 6.07) is 11.4. The second-order valence-electron chi connectivity index (χ2n) is 6.98. The molecule has 150 valence electrons. The number of rotatable bonds is 4. The summed E-state index contributed by atoms with van der Waals surface area (Å²) in [4.78, 5) is 16.4. The second kappa shape index (κ2) is 8.12. The molecule has 0 spiro atoms. The molecule has 0 aromatic heterocycles. The molecule has 1 N–H and O–H groups in total. The maximum Gasteiger partial charge on any atom is 0.418 e. The van der Waals surface area contributed by atoms with Gasteiger partial charge in [0, 0.05) is 37.6 Å². The fraction of sp³-hybridized carbons (Fsp3) is 0.381. The molecule has 0 aliphatic carbocycles. The first-order valence-corrected chi connectivity index (χ1v) is 9.26. The molecule has 7 heteroatoms. The van der Waals surface area contributed by atoms with Crippen molar-refractivity contribution in [2.24, 2.45) is 0 Å². The van der Waals surface area contributed by atoms with Gasteiger partial charge in [-0.25, -0.2) is 0 Å². The Labute approximate surface area is 162 Å². The quantitative estimate of drug-likeness (QED) is 0.853. The Morgan fingerprint density at radius 1 is 1.00 bits per heavy atom. The first-order valence-electron chi connectivity index (χ1n) is 9.26. The standard InChI is InChI=1S/C21H24F3N3O/c1-15-6-5-9-19(16(15)2)26-10-12-27(13-11-26)20(28)14-25-18-8-4-3-7-17(18)21(22,23)24/h3-9,25H,10-14H2,1-2H3. The first-order chi connectivity index (χ1) is 13.3. The summed E-state index contributed by atoms with van der Waals surface area (Å²) >= 11 is 0. The van der Waals surface area contributed by atoms with E-state index >= 15 is 0 Å². The zero-order valence-electron chi connectivity index (χ0n) is 16.0. The van der Waals surface area contributed by atoms with Crippen molar-refractivity contribution >= 4 is 17.3 Å². The number of aryl methyl sites for hydroxylation is 1. The van der Waals surface area contributed by atoms with Crippen LogP contribution in [0.15, 0.2) is 42.5 Å². The molecule has 1 aliphatic rings. The number of amides is 1. The summed E-state index contributed by atoms with van der Waals surface area (Å²) in [7, 11) is 0. The molecule has 1 amide bonds. The number of carbonyl (C=O) groups is 1. The van der Waals surface area contributed by atoms with Crippen LogP contribution in [0, 0.1) is 13.8 Å². The number of benzene rings is 2. The maximum atomic E-state index is 13.1. The van der Waals surface area contributed by atoms with Crippen LogP contribution in [0.4, 0.5) is 24.5 Å². The van der Waals surface area contributed by atoms with E-state index in [4.69, 9.17) is 0 Å². The smallest absolute Gasteiger partial charge is 0.376 e. The van der Waals surface area contributed by atoms with Gasteiger partial charge in [-0.3, -0.25) is 4.79 Å². The Morgan fingerprint density at radius 2 is 1.68 bits per heavy atom. The Bertz CT molecular complexity index is 843. The number of nitrogens with one attached hydrogen (secondary N) is 1. The predicted octanol–water partition coefficient (Wildman–Crippen LogP) is 4.08. The van der Waals surface area contributed by atoms with Crippen molar-refractivity contribution < 1.29 is 18.0 Å². The van der Waals surface area contributed by atoms with Crippen LogP contribution in [0.2, 0.25) is 0 Å². The zero-order chi connectivity index (χ0) is 20.3. The van der Waals surface area contributed by atoms with Crippen LogP contribution >= 0.6 is 0 Å². The normalized spacial score (nSPS) is 14.9. The monoisotopic (exact) mass is 391 g/mol. The van der Waals surface area contributed by atoms with E-state index < -0.39 is 11.7 Å². The van der Waals surface area contributed by atoms with Gasteiger partial charge < -0.3 is 15.1 Å². The molecule has 2 aromatic carbocycles. The highest BCUT2D eigenvalue weighted by atomic mass is 19.4. The van der Waals surface area contributed by atoms with Crippen LogP contribution in [-0.2, 0) is 11.0 Å². The average Bonchev–Trinajstić information content (AvgIpc) is 2.68. The molecule has 0 unspecified atom stereocenters. The SMILES string of the molecule is Cc1cccc(N2CCN(C(=O)CNc3ccccc3C(F)(F)F)CC2)c1C. The van der Waals surface area contributed by atoms with Crippen molar-refractivity contribution in [1.29, 1.82) is 0 Å². The van der Waals surface area contributed by atoms with Crippen molar-refractivity contribution in [1.82, 2.24) is 4.90 Å². The van der Waals surface area contributed by atoms with Crippen LogP contribution in [0.25, 0.3) is 0 Å². The fourth-order valence-electron chi connectivity index (χ4n) is 3.44. The van der Waals surface area contributed by atoms with Gasteiger partial charge in [0.25, 0.3) is 0 Å². The van der Waals surface area contributed by atoms with Gasteiger partial charge in [0.15, 0.2) is 0 Å². The van der Waals surface area contributed by atoms with Crippen molar-refractivity contribution in [2.45, 2.75) is 20.0 Å². The summed E-state index contributed by atoms with van der Waals surface area (Å²) in [5.74, 6) is -0.197. The third-order valence-corrected chi connectivity index (χ3v) is 5.21. The molecule has 0 saturated carbocycles. The van der Waals surface area contributed by atoms with E-state index in [1.165, 1.54) is 35.0 Å². The molecule has 1 fully saturated rings. The first kappa shape index (κ1) is 20.0. The third-order valence-electron chi connectivity index (χ3n) is 5.21. The molecular formula is C21H24F3N3O. The molecule has 1 saturated heterocycles. The van der Waals surface area contributed by atoms with E-state index in [1.807, 2.05) is 6.07 Å². The van der Waals surface area contributed by atoms with Crippen molar-refractivity contribution in [2.75, 3.05) is 42.9 Å². The Morgan fingerprint density at radius 3 is 2.36 bits per heavy atom. The summed E-state index contributed by atoms with van der Waals surface area (Å²) in [6.45, 7) is 6.51. The Balaban J connectivity index is 1.57. The minimum absolute atomic E-state index is 0.0719. The lowest BCUT2D eigenvalue weighted by Crippen LogP contribution is -2.50. The largest absolute Gasteiger partial charge is 0.418 e. The number of hydrogen-bond donors (Lipinski definition) is 1. The molecule has 4 nitrogen and oxygen atoms in total. The highest BCUT2D eigenvalue weighted by Crippen LogP contribution is 2.34. The van der Waals surface area contributed by atoms with Crippen molar-refractivity contribution in [3.8, 4) is 0 Å². The lowest BCUT2D eigenvalue weighted by Gasteiger charge is -2.37. The van der Waals surface area contributed by atoms with Crippen molar-refractivity contribution in [3.63, 3.8) is 0 Å². The van der Waals surface area contributed by atoms with Gasteiger partial charge in [0.1, 0.15) is 0 Å². The number of alkyl halides is 3. The van der Waals surface area contributed by atoms with Gasteiger partial charge in [-0.05, 0) is 43.2 Å². The molecule has 1 aliphatic heterocycles. The minimum atomic E-state index is -4.45. The summed E-state index contributed by atoms with van der Waals surface area (Å²) in [5, 5.41) is 2.65. The molecule has 3 rings (SSSR count).